The summed E-state index contributed by atoms with van der Waals surface area (Å²) in [6.07, 6.45) is 0. The Kier molecular flexibility index (Phi) is 4.73. The highest BCUT2D eigenvalue weighted by Gasteiger charge is 2.15. The molecule has 1 N–H and O–H groups in total. The van der Waals surface area contributed by atoms with E-state index in [1.807, 2.05) is 13.8 Å². The third kappa shape index (κ3) is 3.88. The molecule has 0 bridgehead atoms. The summed E-state index contributed by atoms with van der Waals surface area (Å²) in [7, 11) is 0. The van der Waals surface area contributed by atoms with Crippen LogP contribution in [0.5, 0.6) is 0 Å². The molecule has 2 atom stereocenters. The average molecular weight is 289 g/mol. The van der Waals surface area contributed by atoms with Crippen molar-refractivity contribution in [3.05, 3.63) is 70.3 Å². The van der Waals surface area contributed by atoms with Gasteiger partial charge >= 0.3 is 0 Å². The number of halogens is 2. The zero-order valence-corrected chi connectivity index (χ0v) is 12.9. The Bertz CT molecular complexity index is 617. The number of hydrogen-bond donors (Lipinski definition) is 1. The summed E-state index contributed by atoms with van der Waals surface area (Å²) >= 11 is 0. The van der Waals surface area contributed by atoms with Gasteiger partial charge in [0, 0.05) is 23.7 Å². The second-order valence-electron chi connectivity index (χ2n) is 5.70. The standard InChI is InChI=1S/C18H21F2N/c1-11-7-12(2)9-15(8-11)13(3)21-14(4)17-6-5-16(19)10-18(17)20/h5-10,13-14,21H,1-4H3. The van der Waals surface area contributed by atoms with E-state index in [-0.39, 0.29) is 12.1 Å². The average Bonchev–Trinajstić information content (AvgIpc) is 2.37. The maximum absolute atomic E-state index is 13.8. The predicted molar refractivity (Wildman–Crippen MR) is 82.2 cm³/mol. The lowest BCUT2D eigenvalue weighted by Crippen LogP contribution is -2.23. The van der Waals surface area contributed by atoms with Crippen LogP contribution in [0.2, 0.25) is 0 Å². The summed E-state index contributed by atoms with van der Waals surface area (Å²) in [6.45, 7) is 8.06. The van der Waals surface area contributed by atoms with Gasteiger partial charge in [0.1, 0.15) is 11.6 Å². The van der Waals surface area contributed by atoms with Gasteiger partial charge in [-0.1, -0.05) is 35.4 Å². The minimum Gasteiger partial charge on any atom is -0.304 e. The van der Waals surface area contributed by atoms with E-state index in [4.69, 9.17) is 0 Å². The first-order valence-electron chi connectivity index (χ1n) is 7.16. The van der Waals surface area contributed by atoms with E-state index in [2.05, 4.69) is 37.4 Å². The quantitative estimate of drug-likeness (QED) is 0.835. The van der Waals surface area contributed by atoms with Crippen molar-refractivity contribution in [3.8, 4) is 0 Å². The van der Waals surface area contributed by atoms with Crippen molar-refractivity contribution < 1.29 is 8.78 Å². The molecular weight excluding hydrogens is 268 g/mol. The molecule has 0 saturated carbocycles. The van der Waals surface area contributed by atoms with Crippen molar-refractivity contribution >= 4 is 0 Å². The SMILES string of the molecule is Cc1cc(C)cc(C(C)NC(C)c2ccc(F)cc2F)c1. The molecule has 0 aliphatic rings. The highest BCUT2D eigenvalue weighted by atomic mass is 19.1. The lowest BCUT2D eigenvalue weighted by Gasteiger charge is -2.22. The van der Waals surface area contributed by atoms with E-state index in [1.165, 1.54) is 28.8 Å². The van der Waals surface area contributed by atoms with E-state index < -0.39 is 11.6 Å². The summed E-state index contributed by atoms with van der Waals surface area (Å²) in [5.41, 5.74) is 4.06. The Labute approximate surface area is 125 Å². The zero-order chi connectivity index (χ0) is 15.6. The molecule has 0 aliphatic carbocycles. The summed E-state index contributed by atoms with van der Waals surface area (Å²) in [6, 6.07) is 9.98. The normalized spacial score (nSPS) is 14.0. The predicted octanol–water partition coefficient (Wildman–Crippen LogP) is 4.99. The number of benzene rings is 2. The second kappa shape index (κ2) is 6.35. The van der Waals surface area contributed by atoms with Gasteiger partial charge < -0.3 is 5.32 Å². The number of nitrogens with one attached hydrogen (secondary N) is 1. The fraction of sp³-hybridized carbons (Fsp3) is 0.333. The third-order valence-corrected chi connectivity index (χ3v) is 3.67. The van der Waals surface area contributed by atoms with Crippen molar-refractivity contribution in [1.82, 2.24) is 5.32 Å². The van der Waals surface area contributed by atoms with E-state index in [1.54, 1.807) is 0 Å². The van der Waals surface area contributed by atoms with Gasteiger partial charge in [0.25, 0.3) is 0 Å². The summed E-state index contributed by atoms with van der Waals surface area (Å²) in [5, 5.41) is 3.36. The lowest BCUT2D eigenvalue weighted by atomic mass is 10.0. The molecule has 0 fully saturated rings. The minimum atomic E-state index is -0.550. The molecule has 2 aromatic rings. The molecule has 2 unspecified atom stereocenters. The largest absolute Gasteiger partial charge is 0.304 e. The molecule has 3 heteroatoms. The molecule has 0 saturated heterocycles. The molecule has 1 nitrogen and oxygen atoms in total. The second-order valence-corrected chi connectivity index (χ2v) is 5.70. The summed E-state index contributed by atoms with van der Waals surface area (Å²) < 4.78 is 26.8. The first-order chi connectivity index (χ1) is 9.86. The van der Waals surface area contributed by atoms with Crippen LogP contribution >= 0.6 is 0 Å². The van der Waals surface area contributed by atoms with Gasteiger partial charge in [-0.15, -0.1) is 0 Å². The summed E-state index contributed by atoms with van der Waals surface area (Å²) in [4.78, 5) is 0. The monoisotopic (exact) mass is 289 g/mol. The Morgan fingerprint density at radius 2 is 1.48 bits per heavy atom. The van der Waals surface area contributed by atoms with Gasteiger partial charge in [0.2, 0.25) is 0 Å². The van der Waals surface area contributed by atoms with Crippen LogP contribution < -0.4 is 5.32 Å². The van der Waals surface area contributed by atoms with Crippen molar-refractivity contribution in [3.63, 3.8) is 0 Å². The maximum atomic E-state index is 13.8. The van der Waals surface area contributed by atoms with Crippen LogP contribution in [0.25, 0.3) is 0 Å². The molecule has 2 aromatic carbocycles. The van der Waals surface area contributed by atoms with E-state index in [0.29, 0.717) is 5.56 Å². The molecule has 112 valence electrons. The Hall–Kier alpha value is -1.74. The molecular formula is C18H21F2N. The Morgan fingerprint density at radius 3 is 2.05 bits per heavy atom. The van der Waals surface area contributed by atoms with Gasteiger partial charge in [0.15, 0.2) is 0 Å². The van der Waals surface area contributed by atoms with Crippen molar-refractivity contribution in [2.75, 3.05) is 0 Å². The number of hydrogen-bond acceptors (Lipinski definition) is 1. The van der Waals surface area contributed by atoms with Crippen molar-refractivity contribution in [2.45, 2.75) is 39.8 Å². The number of aryl methyl sites for hydroxylation is 2. The van der Waals surface area contributed by atoms with Crippen LogP contribution in [0.15, 0.2) is 36.4 Å². The van der Waals surface area contributed by atoms with Crippen LogP contribution in [0, 0.1) is 25.5 Å². The van der Waals surface area contributed by atoms with Crippen LogP contribution in [-0.4, -0.2) is 0 Å². The van der Waals surface area contributed by atoms with Gasteiger partial charge in [-0.3, -0.25) is 0 Å². The van der Waals surface area contributed by atoms with Crippen LogP contribution in [0.4, 0.5) is 8.78 Å². The van der Waals surface area contributed by atoms with E-state index >= 15 is 0 Å². The van der Waals surface area contributed by atoms with Gasteiger partial charge in [-0.05, 0) is 39.3 Å². The fourth-order valence-corrected chi connectivity index (χ4v) is 2.67. The summed E-state index contributed by atoms with van der Waals surface area (Å²) in [5.74, 6) is -1.06. The topological polar surface area (TPSA) is 12.0 Å². The molecule has 0 amide bonds. The minimum absolute atomic E-state index is 0.0862. The van der Waals surface area contributed by atoms with Crippen LogP contribution in [-0.2, 0) is 0 Å². The molecule has 0 radical (unpaired) electrons. The Balaban J connectivity index is 2.16. The molecule has 0 aromatic heterocycles. The Morgan fingerprint density at radius 1 is 0.857 bits per heavy atom. The highest BCUT2D eigenvalue weighted by molar-refractivity contribution is 5.31. The lowest BCUT2D eigenvalue weighted by molar-refractivity contribution is 0.470. The highest BCUT2D eigenvalue weighted by Crippen LogP contribution is 2.23. The molecule has 21 heavy (non-hydrogen) atoms. The van der Waals surface area contributed by atoms with Crippen molar-refractivity contribution in [1.29, 1.82) is 0 Å². The first-order valence-corrected chi connectivity index (χ1v) is 7.16. The fourth-order valence-electron chi connectivity index (χ4n) is 2.67. The molecule has 0 heterocycles. The van der Waals surface area contributed by atoms with E-state index in [0.717, 1.165) is 6.07 Å². The molecule has 2 rings (SSSR count). The number of rotatable bonds is 4. The van der Waals surface area contributed by atoms with E-state index in [9.17, 15) is 8.78 Å². The zero-order valence-electron chi connectivity index (χ0n) is 12.9. The van der Waals surface area contributed by atoms with Crippen molar-refractivity contribution in [2.24, 2.45) is 0 Å². The maximum Gasteiger partial charge on any atom is 0.130 e. The van der Waals surface area contributed by atoms with Gasteiger partial charge in [-0.2, -0.15) is 0 Å². The van der Waals surface area contributed by atoms with Crippen LogP contribution in [0.1, 0.15) is 48.2 Å². The molecule has 0 spiro atoms. The third-order valence-electron chi connectivity index (χ3n) is 3.67. The first kappa shape index (κ1) is 15.6. The van der Waals surface area contributed by atoms with Crippen LogP contribution in [0.3, 0.4) is 0 Å². The molecule has 0 aliphatic heterocycles. The smallest absolute Gasteiger partial charge is 0.130 e. The van der Waals surface area contributed by atoms with Gasteiger partial charge in [0.05, 0.1) is 0 Å². The van der Waals surface area contributed by atoms with Gasteiger partial charge in [-0.25, -0.2) is 8.78 Å².